The maximum absolute atomic E-state index is 12.6. The number of aliphatic hydroxyl groups is 2. The molecule has 0 aromatic heterocycles. The number of amides is 1. The molecule has 3 N–H and O–H groups in total. The van der Waals surface area contributed by atoms with Crippen LogP contribution in [0.2, 0.25) is 0 Å². The van der Waals surface area contributed by atoms with E-state index in [4.69, 9.17) is 14.9 Å². The Bertz CT molecular complexity index is 379. The lowest BCUT2D eigenvalue weighted by Crippen LogP contribution is -2.40. The molecule has 0 aliphatic heterocycles. The molecule has 1 rings (SSSR count). The van der Waals surface area contributed by atoms with Gasteiger partial charge in [-0.1, -0.05) is 0 Å². The zero-order chi connectivity index (χ0) is 14.1. The largest absolute Gasteiger partial charge is 0.494 e. The minimum atomic E-state index is -0.620. The van der Waals surface area contributed by atoms with Crippen molar-refractivity contribution in [3.8, 4) is 5.75 Å². The SMILES string of the molecule is O=C(CCCOc1ccc(F)cc1)NC(CO)CO. The molecule has 6 heteroatoms. The van der Waals surface area contributed by atoms with Gasteiger partial charge in [-0.25, -0.2) is 4.39 Å². The molecule has 0 radical (unpaired) electrons. The number of aliphatic hydroxyl groups excluding tert-OH is 2. The smallest absolute Gasteiger partial charge is 0.220 e. The standard InChI is InChI=1S/C13H18FNO4/c14-10-3-5-12(6-4-10)19-7-1-2-13(18)15-11(8-16)9-17/h3-6,11,16-17H,1-2,7-9H2,(H,15,18). The molecule has 1 aromatic rings. The van der Waals surface area contributed by atoms with Crippen LogP contribution in [0.1, 0.15) is 12.8 Å². The normalized spacial score (nSPS) is 10.5. The van der Waals surface area contributed by atoms with Crippen molar-refractivity contribution in [3.63, 3.8) is 0 Å². The fraction of sp³-hybridized carbons (Fsp3) is 0.462. The van der Waals surface area contributed by atoms with Crippen LogP contribution in [-0.4, -0.2) is 42.0 Å². The molecule has 0 spiro atoms. The third-order valence-electron chi connectivity index (χ3n) is 2.44. The molecule has 0 aliphatic rings. The molecule has 1 amide bonds. The van der Waals surface area contributed by atoms with E-state index in [1.54, 1.807) is 0 Å². The highest BCUT2D eigenvalue weighted by Gasteiger charge is 2.09. The number of ether oxygens (including phenoxy) is 1. The molecule has 0 aliphatic carbocycles. The van der Waals surface area contributed by atoms with Crippen LogP contribution in [0.25, 0.3) is 0 Å². The number of hydrogen-bond donors (Lipinski definition) is 3. The molecule has 0 saturated carbocycles. The first-order valence-electron chi connectivity index (χ1n) is 6.05. The number of nitrogens with one attached hydrogen (secondary N) is 1. The monoisotopic (exact) mass is 271 g/mol. The maximum atomic E-state index is 12.6. The summed E-state index contributed by atoms with van der Waals surface area (Å²) in [6.45, 7) is -0.259. The van der Waals surface area contributed by atoms with Crippen molar-refractivity contribution in [2.75, 3.05) is 19.8 Å². The molecule has 5 nitrogen and oxygen atoms in total. The number of carbonyl (C=O) groups excluding carboxylic acids is 1. The van der Waals surface area contributed by atoms with Crippen LogP contribution in [0, 0.1) is 5.82 Å². The molecule has 0 saturated heterocycles. The van der Waals surface area contributed by atoms with Gasteiger partial charge in [0.1, 0.15) is 11.6 Å². The molecular formula is C13H18FNO4. The summed E-state index contributed by atoms with van der Waals surface area (Å²) in [5, 5.41) is 20.1. The fourth-order valence-electron chi connectivity index (χ4n) is 1.40. The van der Waals surface area contributed by atoms with Gasteiger partial charge in [0.25, 0.3) is 0 Å². The summed E-state index contributed by atoms with van der Waals surface area (Å²) in [5.41, 5.74) is 0. The van der Waals surface area contributed by atoms with E-state index in [9.17, 15) is 9.18 Å². The van der Waals surface area contributed by atoms with Crippen molar-refractivity contribution in [2.45, 2.75) is 18.9 Å². The van der Waals surface area contributed by atoms with Gasteiger partial charge in [0, 0.05) is 6.42 Å². The van der Waals surface area contributed by atoms with Crippen molar-refractivity contribution < 1.29 is 24.1 Å². The maximum Gasteiger partial charge on any atom is 0.220 e. The van der Waals surface area contributed by atoms with Gasteiger partial charge >= 0.3 is 0 Å². The van der Waals surface area contributed by atoms with E-state index in [0.29, 0.717) is 18.8 Å². The Morgan fingerprint density at radius 3 is 2.47 bits per heavy atom. The van der Waals surface area contributed by atoms with Gasteiger partial charge in [0.2, 0.25) is 5.91 Å². The van der Waals surface area contributed by atoms with Crippen LogP contribution in [0.5, 0.6) is 5.75 Å². The third-order valence-corrected chi connectivity index (χ3v) is 2.44. The molecule has 0 heterocycles. The molecule has 0 unspecified atom stereocenters. The minimum Gasteiger partial charge on any atom is -0.494 e. The van der Waals surface area contributed by atoms with E-state index in [1.807, 2.05) is 0 Å². The van der Waals surface area contributed by atoms with E-state index >= 15 is 0 Å². The predicted molar refractivity (Wildman–Crippen MR) is 67.2 cm³/mol. The molecule has 0 atom stereocenters. The molecule has 0 bridgehead atoms. The zero-order valence-electron chi connectivity index (χ0n) is 10.5. The second-order valence-corrected chi connectivity index (χ2v) is 4.04. The van der Waals surface area contributed by atoms with Gasteiger partial charge in [-0.05, 0) is 30.7 Å². The topological polar surface area (TPSA) is 78.8 Å². The first-order valence-corrected chi connectivity index (χ1v) is 6.05. The number of benzene rings is 1. The lowest BCUT2D eigenvalue weighted by atomic mass is 10.2. The number of hydrogen-bond acceptors (Lipinski definition) is 4. The molecule has 19 heavy (non-hydrogen) atoms. The first-order chi connectivity index (χ1) is 9.15. The lowest BCUT2D eigenvalue weighted by Gasteiger charge is -2.13. The summed E-state index contributed by atoms with van der Waals surface area (Å²) in [4.78, 5) is 11.4. The van der Waals surface area contributed by atoms with Crippen molar-refractivity contribution >= 4 is 5.91 Å². The summed E-state index contributed by atoms with van der Waals surface area (Å²) in [7, 11) is 0. The van der Waals surface area contributed by atoms with Crippen LogP contribution in [-0.2, 0) is 4.79 Å². The van der Waals surface area contributed by atoms with E-state index < -0.39 is 6.04 Å². The van der Waals surface area contributed by atoms with Gasteiger partial charge in [0.05, 0.1) is 25.9 Å². The Morgan fingerprint density at radius 2 is 1.89 bits per heavy atom. The minimum absolute atomic E-state index is 0.234. The van der Waals surface area contributed by atoms with Crippen molar-refractivity contribution in [1.29, 1.82) is 0 Å². The summed E-state index contributed by atoms with van der Waals surface area (Å²) in [6, 6.07) is 5.02. The highest BCUT2D eigenvalue weighted by molar-refractivity contribution is 5.76. The number of carbonyl (C=O) groups is 1. The van der Waals surface area contributed by atoms with Crippen molar-refractivity contribution in [1.82, 2.24) is 5.32 Å². The Labute approximate surface area is 111 Å². The second-order valence-electron chi connectivity index (χ2n) is 4.04. The predicted octanol–water partition coefficient (Wildman–Crippen LogP) is 0.454. The third kappa shape index (κ3) is 6.17. The van der Waals surface area contributed by atoms with Crippen LogP contribution in [0.15, 0.2) is 24.3 Å². The van der Waals surface area contributed by atoms with Gasteiger partial charge in [-0.3, -0.25) is 4.79 Å². The fourth-order valence-corrected chi connectivity index (χ4v) is 1.40. The quantitative estimate of drug-likeness (QED) is 0.600. The molecule has 106 valence electrons. The van der Waals surface area contributed by atoms with E-state index in [-0.39, 0.29) is 31.4 Å². The number of rotatable bonds is 8. The van der Waals surface area contributed by atoms with E-state index in [2.05, 4.69) is 5.32 Å². The average Bonchev–Trinajstić information content (AvgIpc) is 2.43. The summed E-state index contributed by atoms with van der Waals surface area (Å²) in [6.07, 6.45) is 0.727. The lowest BCUT2D eigenvalue weighted by molar-refractivity contribution is -0.122. The number of halogens is 1. The van der Waals surface area contributed by atoms with Crippen LogP contribution >= 0.6 is 0 Å². The molecule has 0 fully saturated rings. The Hall–Kier alpha value is -1.66. The van der Waals surface area contributed by atoms with Gasteiger partial charge in [-0.15, -0.1) is 0 Å². The summed E-state index contributed by atoms with van der Waals surface area (Å²) < 4.78 is 17.9. The average molecular weight is 271 g/mol. The highest BCUT2D eigenvalue weighted by Crippen LogP contribution is 2.11. The highest BCUT2D eigenvalue weighted by atomic mass is 19.1. The van der Waals surface area contributed by atoms with Crippen molar-refractivity contribution in [2.24, 2.45) is 0 Å². The Balaban J connectivity index is 2.16. The summed E-state index contributed by atoms with van der Waals surface area (Å²) in [5.74, 6) is -0.0352. The van der Waals surface area contributed by atoms with Crippen LogP contribution < -0.4 is 10.1 Å². The van der Waals surface area contributed by atoms with Gasteiger partial charge in [-0.2, -0.15) is 0 Å². The van der Waals surface area contributed by atoms with E-state index in [1.165, 1.54) is 24.3 Å². The van der Waals surface area contributed by atoms with Gasteiger partial charge < -0.3 is 20.3 Å². The van der Waals surface area contributed by atoms with E-state index in [0.717, 1.165) is 0 Å². The molecule has 1 aromatic carbocycles. The van der Waals surface area contributed by atoms with Crippen LogP contribution in [0.4, 0.5) is 4.39 Å². The second kappa shape index (κ2) is 8.44. The first kappa shape index (κ1) is 15.4. The molecular weight excluding hydrogens is 253 g/mol. The van der Waals surface area contributed by atoms with Crippen LogP contribution in [0.3, 0.4) is 0 Å². The van der Waals surface area contributed by atoms with Gasteiger partial charge in [0.15, 0.2) is 0 Å². The summed E-state index contributed by atoms with van der Waals surface area (Å²) >= 11 is 0. The Kier molecular flexibility index (Phi) is 6.84. The Morgan fingerprint density at radius 1 is 1.26 bits per heavy atom. The van der Waals surface area contributed by atoms with Crippen molar-refractivity contribution in [3.05, 3.63) is 30.1 Å². The zero-order valence-corrected chi connectivity index (χ0v) is 10.5.